The molecule has 0 fully saturated rings. The van der Waals surface area contributed by atoms with E-state index in [4.69, 9.17) is 23.2 Å². The molecule has 0 saturated carbocycles. The number of carbonyl (C=O) groups excluding carboxylic acids is 2. The second kappa shape index (κ2) is 12.2. The number of carbonyl (C=O) groups is 2. The Labute approximate surface area is 193 Å². The summed E-state index contributed by atoms with van der Waals surface area (Å²) in [6, 6.07) is 14.7. The molecule has 1 N–H and O–H groups in total. The fraction of sp³-hybridized carbons (Fsp3) is 0.391. The molecule has 0 aromatic heterocycles. The second-order valence-electron chi connectivity index (χ2n) is 7.34. The van der Waals surface area contributed by atoms with E-state index in [9.17, 15) is 9.59 Å². The van der Waals surface area contributed by atoms with Crippen LogP contribution in [0, 0.1) is 0 Å². The highest BCUT2D eigenvalue weighted by Gasteiger charge is 2.28. The van der Waals surface area contributed by atoms with Crippen molar-refractivity contribution < 1.29 is 9.59 Å². The van der Waals surface area contributed by atoms with Crippen LogP contribution in [0.5, 0.6) is 0 Å². The van der Waals surface area contributed by atoms with Crippen LogP contribution in [-0.4, -0.2) is 34.6 Å². The van der Waals surface area contributed by atoms with Crippen molar-refractivity contribution in [2.45, 2.75) is 51.6 Å². The lowest BCUT2D eigenvalue weighted by Gasteiger charge is -2.31. The molecule has 2 aromatic carbocycles. The monoisotopic (exact) mass is 466 g/mol. The van der Waals surface area contributed by atoms with Crippen LogP contribution in [-0.2, 0) is 21.9 Å². The van der Waals surface area contributed by atoms with E-state index in [0.717, 1.165) is 11.1 Å². The Kier molecular flexibility index (Phi) is 10.0. The van der Waals surface area contributed by atoms with Gasteiger partial charge in [0.25, 0.3) is 0 Å². The first-order chi connectivity index (χ1) is 14.3. The number of halogens is 2. The van der Waals surface area contributed by atoms with Gasteiger partial charge >= 0.3 is 0 Å². The zero-order valence-electron chi connectivity index (χ0n) is 17.5. The molecule has 30 heavy (non-hydrogen) atoms. The average Bonchev–Trinajstić information content (AvgIpc) is 2.70. The number of benzene rings is 2. The molecule has 2 amide bonds. The Morgan fingerprint density at radius 2 is 1.73 bits per heavy atom. The van der Waals surface area contributed by atoms with Gasteiger partial charge in [0, 0.05) is 18.3 Å². The maximum Gasteiger partial charge on any atom is 0.243 e. The first-order valence-electron chi connectivity index (χ1n) is 9.97. The van der Waals surface area contributed by atoms with Crippen LogP contribution in [0.1, 0.15) is 38.3 Å². The lowest BCUT2D eigenvalue weighted by molar-refractivity contribution is -0.139. The number of amides is 2. The quantitative estimate of drug-likeness (QED) is 0.498. The maximum atomic E-state index is 13.1. The van der Waals surface area contributed by atoms with E-state index in [1.54, 1.807) is 11.0 Å². The average molecular weight is 467 g/mol. The molecule has 0 saturated heterocycles. The summed E-state index contributed by atoms with van der Waals surface area (Å²) in [7, 11) is 0. The Morgan fingerprint density at radius 1 is 1.03 bits per heavy atom. The van der Waals surface area contributed by atoms with Crippen molar-refractivity contribution in [3.8, 4) is 0 Å². The van der Waals surface area contributed by atoms with Crippen LogP contribution in [0.25, 0.3) is 0 Å². The van der Waals surface area contributed by atoms with Crippen LogP contribution >= 0.6 is 35.0 Å². The number of nitrogens with zero attached hydrogens (tertiary/aromatic N) is 1. The molecule has 1 atom stereocenters. The van der Waals surface area contributed by atoms with Crippen LogP contribution in [0.4, 0.5) is 0 Å². The number of hydrogen-bond acceptors (Lipinski definition) is 3. The summed E-state index contributed by atoms with van der Waals surface area (Å²) in [4.78, 5) is 27.6. The molecule has 7 heteroatoms. The Morgan fingerprint density at radius 3 is 2.33 bits per heavy atom. The topological polar surface area (TPSA) is 49.4 Å². The first kappa shape index (κ1) is 24.6. The molecule has 0 aliphatic carbocycles. The Hall–Kier alpha value is -1.69. The minimum atomic E-state index is -0.509. The lowest BCUT2D eigenvalue weighted by Crippen LogP contribution is -2.50. The van der Waals surface area contributed by atoms with Gasteiger partial charge in [-0.25, -0.2) is 0 Å². The van der Waals surface area contributed by atoms with Crippen molar-refractivity contribution in [1.82, 2.24) is 10.2 Å². The Balaban J connectivity index is 2.10. The molecule has 162 valence electrons. The van der Waals surface area contributed by atoms with E-state index in [0.29, 0.717) is 28.8 Å². The highest BCUT2D eigenvalue weighted by molar-refractivity contribution is 7.99. The maximum absolute atomic E-state index is 13.1. The standard InChI is InChI=1S/C23H28Cl2N2O2S/c1-4-21(23(29)26-16(2)3)27(13-17-8-6-5-7-9-17)22(28)15-30-14-18-10-11-19(24)20(25)12-18/h5-12,16,21H,4,13-15H2,1-3H3,(H,26,29). The summed E-state index contributed by atoms with van der Waals surface area (Å²) in [5.74, 6) is 0.732. The summed E-state index contributed by atoms with van der Waals surface area (Å²) >= 11 is 13.5. The Bertz CT molecular complexity index is 846. The van der Waals surface area contributed by atoms with Crippen LogP contribution in [0.2, 0.25) is 10.0 Å². The van der Waals surface area contributed by atoms with Crippen molar-refractivity contribution in [2.75, 3.05) is 5.75 Å². The third kappa shape index (κ3) is 7.53. The molecule has 0 aliphatic rings. The minimum Gasteiger partial charge on any atom is -0.352 e. The zero-order chi connectivity index (χ0) is 22.1. The van der Waals surface area contributed by atoms with Gasteiger partial charge in [-0.3, -0.25) is 9.59 Å². The normalized spacial score (nSPS) is 11.9. The third-order valence-electron chi connectivity index (χ3n) is 4.49. The summed E-state index contributed by atoms with van der Waals surface area (Å²) in [6.07, 6.45) is 0.550. The van der Waals surface area contributed by atoms with Gasteiger partial charge in [0.1, 0.15) is 6.04 Å². The summed E-state index contributed by atoms with van der Waals surface area (Å²) in [6.45, 7) is 6.16. The molecular formula is C23H28Cl2N2O2S. The van der Waals surface area contributed by atoms with Crippen molar-refractivity contribution in [3.63, 3.8) is 0 Å². The summed E-state index contributed by atoms with van der Waals surface area (Å²) in [5, 5.41) is 3.96. The highest BCUT2D eigenvalue weighted by atomic mass is 35.5. The van der Waals surface area contributed by atoms with Gasteiger partial charge in [-0.15, -0.1) is 11.8 Å². The van der Waals surface area contributed by atoms with E-state index >= 15 is 0 Å². The molecule has 0 radical (unpaired) electrons. The van der Waals surface area contributed by atoms with Crippen molar-refractivity contribution in [2.24, 2.45) is 0 Å². The van der Waals surface area contributed by atoms with Gasteiger partial charge in [-0.2, -0.15) is 0 Å². The molecular weight excluding hydrogens is 439 g/mol. The largest absolute Gasteiger partial charge is 0.352 e. The van der Waals surface area contributed by atoms with E-state index in [1.165, 1.54) is 11.8 Å². The molecule has 0 bridgehead atoms. The minimum absolute atomic E-state index is 0.0178. The van der Waals surface area contributed by atoms with E-state index in [2.05, 4.69) is 5.32 Å². The van der Waals surface area contributed by atoms with Crippen molar-refractivity contribution in [3.05, 3.63) is 69.7 Å². The van der Waals surface area contributed by atoms with Crippen molar-refractivity contribution >= 4 is 46.8 Å². The smallest absolute Gasteiger partial charge is 0.243 e. The predicted molar refractivity (Wildman–Crippen MR) is 127 cm³/mol. The molecule has 0 spiro atoms. The molecule has 1 unspecified atom stereocenters. The summed E-state index contributed by atoms with van der Waals surface area (Å²) in [5.41, 5.74) is 2.00. The first-order valence-corrected chi connectivity index (χ1v) is 11.9. The van der Waals surface area contributed by atoms with Gasteiger partial charge < -0.3 is 10.2 Å². The number of thioether (sulfide) groups is 1. The predicted octanol–water partition coefficient (Wildman–Crippen LogP) is 5.56. The number of nitrogens with one attached hydrogen (secondary N) is 1. The van der Waals surface area contributed by atoms with Gasteiger partial charge in [0.2, 0.25) is 11.8 Å². The molecule has 0 heterocycles. The SMILES string of the molecule is CCC(C(=O)NC(C)C)N(Cc1ccccc1)C(=O)CSCc1ccc(Cl)c(Cl)c1. The van der Waals surface area contributed by atoms with E-state index < -0.39 is 6.04 Å². The number of rotatable bonds is 10. The van der Waals surface area contributed by atoms with Crippen molar-refractivity contribution in [1.29, 1.82) is 0 Å². The van der Waals surface area contributed by atoms with Gasteiger partial charge in [0.05, 0.1) is 15.8 Å². The lowest BCUT2D eigenvalue weighted by atomic mass is 10.1. The van der Waals surface area contributed by atoms with Gasteiger partial charge in [-0.05, 0) is 43.5 Å². The molecule has 2 rings (SSSR count). The molecule has 0 aliphatic heterocycles. The summed E-state index contributed by atoms with van der Waals surface area (Å²) < 4.78 is 0. The molecule has 4 nitrogen and oxygen atoms in total. The third-order valence-corrected chi connectivity index (χ3v) is 6.22. The highest BCUT2D eigenvalue weighted by Crippen LogP contribution is 2.25. The van der Waals surface area contributed by atoms with E-state index in [1.807, 2.05) is 63.2 Å². The van der Waals surface area contributed by atoms with Crippen LogP contribution in [0.3, 0.4) is 0 Å². The van der Waals surface area contributed by atoms with Gasteiger partial charge in [0.15, 0.2) is 0 Å². The van der Waals surface area contributed by atoms with E-state index in [-0.39, 0.29) is 23.6 Å². The second-order valence-corrected chi connectivity index (χ2v) is 9.14. The van der Waals surface area contributed by atoms with Crippen LogP contribution < -0.4 is 5.32 Å². The number of hydrogen-bond donors (Lipinski definition) is 1. The van der Waals surface area contributed by atoms with Gasteiger partial charge in [-0.1, -0.05) is 66.5 Å². The zero-order valence-corrected chi connectivity index (χ0v) is 19.9. The molecule has 2 aromatic rings. The van der Waals surface area contributed by atoms with Crippen LogP contribution in [0.15, 0.2) is 48.5 Å². The fourth-order valence-corrected chi connectivity index (χ4v) is 4.23. The fourth-order valence-electron chi connectivity index (χ4n) is 3.05.